The molecule has 0 aliphatic rings. The minimum Gasteiger partial charge on any atom is -0.496 e. The maximum absolute atomic E-state index is 6.32. The van der Waals surface area contributed by atoms with Gasteiger partial charge in [-0.1, -0.05) is 15.9 Å². The number of hydrogen-bond acceptors (Lipinski definition) is 3. The highest BCUT2D eigenvalue weighted by Crippen LogP contribution is 2.41. The molecular formula is C15H25BrN2O. The van der Waals surface area contributed by atoms with Crippen LogP contribution in [0.5, 0.6) is 5.75 Å². The van der Waals surface area contributed by atoms with Gasteiger partial charge in [0.25, 0.3) is 0 Å². The van der Waals surface area contributed by atoms with Crippen molar-refractivity contribution in [1.82, 2.24) is 5.32 Å². The average molecular weight is 329 g/mol. The zero-order chi connectivity index (χ0) is 15.0. The van der Waals surface area contributed by atoms with Gasteiger partial charge in [0, 0.05) is 15.6 Å². The van der Waals surface area contributed by atoms with Crippen molar-refractivity contribution in [3.8, 4) is 5.75 Å². The lowest BCUT2D eigenvalue weighted by Gasteiger charge is -2.34. The second-order valence-corrected chi connectivity index (χ2v) is 6.47. The van der Waals surface area contributed by atoms with Crippen molar-refractivity contribution in [2.24, 2.45) is 5.73 Å². The normalized spacial score (nSPS) is 13.5. The third-order valence-electron chi connectivity index (χ3n) is 3.74. The number of methoxy groups -OCH3 is 1. The number of halogens is 1. The molecule has 0 aromatic heterocycles. The topological polar surface area (TPSA) is 47.3 Å². The summed E-state index contributed by atoms with van der Waals surface area (Å²) in [6.45, 7) is 10.3. The Labute approximate surface area is 125 Å². The summed E-state index contributed by atoms with van der Waals surface area (Å²) in [6, 6.07) is 0.0260. The molecule has 0 heterocycles. The largest absolute Gasteiger partial charge is 0.496 e. The van der Waals surface area contributed by atoms with Gasteiger partial charge in [-0.05, 0) is 58.4 Å². The first-order valence-corrected chi connectivity index (χ1v) is 7.25. The summed E-state index contributed by atoms with van der Waals surface area (Å²) in [5.74, 6) is 0.927. The van der Waals surface area contributed by atoms with Crippen LogP contribution in [0.3, 0.4) is 0 Å². The van der Waals surface area contributed by atoms with Crippen molar-refractivity contribution >= 4 is 15.9 Å². The summed E-state index contributed by atoms with van der Waals surface area (Å²) >= 11 is 3.68. The quantitative estimate of drug-likeness (QED) is 0.890. The number of hydrogen-bond donors (Lipinski definition) is 2. The monoisotopic (exact) mass is 328 g/mol. The Morgan fingerprint density at radius 2 is 1.68 bits per heavy atom. The first kappa shape index (κ1) is 16.5. The molecule has 1 aromatic carbocycles. The van der Waals surface area contributed by atoms with Crippen molar-refractivity contribution in [1.29, 1.82) is 0 Å². The van der Waals surface area contributed by atoms with Crippen LogP contribution in [0.4, 0.5) is 0 Å². The Morgan fingerprint density at radius 1 is 1.16 bits per heavy atom. The number of likely N-dealkylation sites (N-methyl/N-ethyl adjacent to an activating group) is 1. The lowest BCUT2D eigenvalue weighted by molar-refractivity contribution is 0.343. The van der Waals surface area contributed by atoms with Crippen LogP contribution < -0.4 is 15.8 Å². The summed E-state index contributed by atoms with van der Waals surface area (Å²) < 4.78 is 6.78. The van der Waals surface area contributed by atoms with E-state index in [1.807, 2.05) is 20.9 Å². The summed E-state index contributed by atoms with van der Waals surface area (Å²) in [6.07, 6.45) is 0. The average Bonchev–Trinajstić information content (AvgIpc) is 2.32. The Morgan fingerprint density at radius 3 is 2.05 bits per heavy atom. The SMILES string of the molecule is CNC(c1c(C)c(Br)c(C)c(C)c1OC)C(C)(C)N. The predicted octanol–water partition coefficient (Wildman–Crippen LogP) is 3.38. The summed E-state index contributed by atoms with van der Waals surface area (Å²) in [4.78, 5) is 0. The summed E-state index contributed by atoms with van der Waals surface area (Å²) in [5, 5.41) is 3.32. The second kappa shape index (κ2) is 5.81. The van der Waals surface area contributed by atoms with E-state index in [1.165, 1.54) is 11.1 Å². The molecule has 1 aromatic rings. The van der Waals surface area contributed by atoms with Crippen molar-refractivity contribution in [2.45, 2.75) is 46.2 Å². The van der Waals surface area contributed by atoms with Gasteiger partial charge < -0.3 is 15.8 Å². The van der Waals surface area contributed by atoms with Gasteiger partial charge in [0.05, 0.1) is 13.2 Å². The molecule has 0 radical (unpaired) electrons. The van der Waals surface area contributed by atoms with Crippen LogP contribution in [0, 0.1) is 20.8 Å². The van der Waals surface area contributed by atoms with Gasteiger partial charge >= 0.3 is 0 Å². The standard InChI is InChI=1S/C15H25BrN2O/c1-8-9(2)13(19-7)11(10(3)12(8)16)14(18-6)15(4,5)17/h14,18H,17H2,1-7H3. The summed E-state index contributed by atoms with van der Waals surface area (Å²) in [7, 11) is 3.65. The van der Waals surface area contributed by atoms with E-state index in [0.717, 1.165) is 21.3 Å². The highest BCUT2D eigenvalue weighted by atomic mass is 79.9. The van der Waals surface area contributed by atoms with Gasteiger partial charge in [0.15, 0.2) is 0 Å². The van der Waals surface area contributed by atoms with Gasteiger partial charge in [-0.2, -0.15) is 0 Å². The third kappa shape index (κ3) is 2.96. The predicted molar refractivity (Wildman–Crippen MR) is 85.0 cm³/mol. The van der Waals surface area contributed by atoms with Crippen LogP contribution in [0.25, 0.3) is 0 Å². The van der Waals surface area contributed by atoms with Gasteiger partial charge in [0.2, 0.25) is 0 Å². The van der Waals surface area contributed by atoms with Crippen LogP contribution in [-0.2, 0) is 0 Å². The van der Waals surface area contributed by atoms with Crippen LogP contribution in [0.15, 0.2) is 4.47 Å². The number of ether oxygens (including phenoxy) is 1. The van der Waals surface area contributed by atoms with Crippen molar-refractivity contribution < 1.29 is 4.74 Å². The van der Waals surface area contributed by atoms with Crippen molar-refractivity contribution in [3.05, 3.63) is 26.7 Å². The molecule has 0 bridgehead atoms. The molecule has 0 saturated heterocycles. The summed E-state index contributed by atoms with van der Waals surface area (Å²) in [5.41, 5.74) is 10.6. The molecule has 19 heavy (non-hydrogen) atoms. The first-order chi connectivity index (χ1) is 8.66. The Balaban J connectivity index is 3.67. The minimum absolute atomic E-state index is 0.0260. The van der Waals surface area contributed by atoms with Gasteiger partial charge in [-0.25, -0.2) is 0 Å². The fourth-order valence-corrected chi connectivity index (χ4v) is 3.12. The van der Waals surface area contributed by atoms with Gasteiger partial charge in [0.1, 0.15) is 5.75 Å². The smallest absolute Gasteiger partial charge is 0.127 e. The molecule has 0 amide bonds. The van der Waals surface area contributed by atoms with Crippen molar-refractivity contribution in [2.75, 3.05) is 14.2 Å². The molecule has 0 saturated carbocycles. The van der Waals surface area contributed by atoms with Crippen LogP contribution in [0.1, 0.15) is 42.1 Å². The molecule has 3 nitrogen and oxygen atoms in total. The lowest BCUT2D eigenvalue weighted by Crippen LogP contribution is -2.45. The number of rotatable bonds is 4. The van der Waals surface area contributed by atoms with Crippen LogP contribution in [-0.4, -0.2) is 19.7 Å². The van der Waals surface area contributed by atoms with E-state index >= 15 is 0 Å². The van der Waals surface area contributed by atoms with Crippen molar-refractivity contribution in [3.63, 3.8) is 0 Å². The molecule has 1 atom stereocenters. The molecule has 1 unspecified atom stereocenters. The lowest BCUT2D eigenvalue weighted by atomic mass is 9.84. The van der Waals surface area contributed by atoms with E-state index in [1.54, 1.807) is 7.11 Å². The second-order valence-electron chi connectivity index (χ2n) is 5.68. The maximum atomic E-state index is 6.32. The van der Waals surface area contributed by atoms with Crippen LogP contribution >= 0.6 is 15.9 Å². The molecule has 0 spiro atoms. The van der Waals surface area contributed by atoms with E-state index in [0.29, 0.717) is 0 Å². The Bertz CT molecular complexity index is 478. The van der Waals surface area contributed by atoms with E-state index in [2.05, 4.69) is 42.0 Å². The zero-order valence-corrected chi connectivity index (χ0v) is 14.5. The molecule has 0 fully saturated rings. The minimum atomic E-state index is -0.381. The zero-order valence-electron chi connectivity index (χ0n) is 12.9. The van der Waals surface area contributed by atoms with E-state index < -0.39 is 0 Å². The Hall–Kier alpha value is -0.580. The highest BCUT2D eigenvalue weighted by molar-refractivity contribution is 9.10. The van der Waals surface area contributed by atoms with E-state index in [9.17, 15) is 0 Å². The molecule has 0 aliphatic heterocycles. The first-order valence-electron chi connectivity index (χ1n) is 6.46. The van der Waals surface area contributed by atoms with Gasteiger partial charge in [-0.15, -0.1) is 0 Å². The van der Waals surface area contributed by atoms with E-state index in [4.69, 9.17) is 10.5 Å². The van der Waals surface area contributed by atoms with Crippen LogP contribution in [0.2, 0.25) is 0 Å². The molecule has 4 heteroatoms. The van der Waals surface area contributed by atoms with Gasteiger partial charge in [-0.3, -0.25) is 0 Å². The number of nitrogens with two attached hydrogens (primary N) is 1. The molecule has 3 N–H and O–H groups in total. The molecular weight excluding hydrogens is 304 g/mol. The fraction of sp³-hybridized carbons (Fsp3) is 0.600. The number of nitrogens with one attached hydrogen (secondary N) is 1. The highest BCUT2D eigenvalue weighted by Gasteiger charge is 2.31. The number of benzene rings is 1. The molecule has 0 aliphatic carbocycles. The third-order valence-corrected chi connectivity index (χ3v) is 4.93. The maximum Gasteiger partial charge on any atom is 0.127 e. The van der Waals surface area contributed by atoms with E-state index in [-0.39, 0.29) is 11.6 Å². The molecule has 1 rings (SSSR count). The Kier molecular flexibility index (Phi) is 5.04. The molecule has 108 valence electrons. The fourth-order valence-electron chi connectivity index (χ4n) is 2.61.